The molecule has 1 aromatic rings. The molecule has 0 unspecified atom stereocenters. The summed E-state index contributed by atoms with van der Waals surface area (Å²) in [5.74, 6) is 4.05. The number of methoxy groups -OCH3 is 1. The molecule has 0 heterocycles. The van der Waals surface area contributed by atoms with Crippen molar-refractivity contribution in [2.24, 2.45) is 28.6 Å². The third-order valence-electron chi connectivity index (χ3n) is 9.02. The molecule has 1 aromatic carbocycles. The van der Waals surface area contributed by atoms with Gasteiger partial charge >= 0.3 is 0 Å². The van der Waals surface area contributed by atoms with E-state index < -0.39 is 0 Å². The molecule has 27 heavy (non-hydrogen) atoms. The van der Waals surface area contributed by atoms with Crippen LogP contribution in [0.5, 0.6) is 5.75 Å². The van der Waals surface area contributed by atoms with Crippen LogP contribution in [0.25, 0.3) is 0 Å². The van der Waals surface area contributed by atoms with Crippen molar-refractivity contribution < 1.29 is 4.74 Å². The van der Waals surface area contributed by atoms with Gasteiger partial charge in [0.25, 0.3) is 0 Å². The van der Waals surface area contributed by atoms with Crippen LogP contribution in [0.1, 0.15) is 70.3 Å². The molecule has 0 saturated heterocycles. The Balaban J connectivity index is 1.45. The second-order valence-corrected chi connectivity index (χ2v) is 10.1. The Hall–Kier alpha value is -1.50. The van der Waals surface area contributed by atoms with Gasteiger partial charge in [-0.3, -0.25) is 0 Å². The second kappa shape index (κ2) is 6.26. The smallest absolute Gasteiger partial charge is 0.118 e. The molecular formula is C26H34O. The average Bonchev–Trinajstić information content (AvgIpc) is 3.05. The number of allylic oxidation sites excluding steroid dienone is 4. The highest BCUT2D eigenvalue weighted by Gasteiger charge is 2.57. The van der Waals surface area contributed by atoms with Gasteiger partial charge in [-0.25, -0.2) is 0 Å². The summed E-state index contributed by atoms with van der Waals surface area (Å²) in [7, 11) is 1.75. The van der Waals surface area contributed by atoms with Crippen molar-refractivity contribution in [2.75, 3.05) is 7.11 Å². The first kappa shape index (κ1) is 17.6. The summed E-state index contributed by atoms with van der Waals surface area (Å²) >= 11 is 0. The highest BCUT2D eigenvalue weighted by Crippen LogP contribution is 2.66. The van der Waals surface area contributed by atoms with Crippen molar-refractivity contribution in [1.29, 1.82) is 0 Å². The average molecular weight is 363 g/mol. The Morgan fingerprint density at radius 3 is 2.59 bits per heavy atom. The fourth-order valence-electron chi connectivity index (χ4n) is 7.51. The number of fused-ring (bicyclic) bond motifs is 5. The van der Waals surface area contributed by atoms with Gasteiger partial charge in [-0.05, 0) is 91.2 Å². The maximum Gasteiger partial charge on any atom is 0.118 e. The quantitative estimate of drug-likeness (QED) is 0.519. The van der Waals surface area contributed by atoms with E-state index in [1.165, 1.54) is 50.5 Å². The van der Waals surface area contributed by atoms with E-state index in [4.69, 9.17) is 4.74 Å². The van der Waals surface area contributed by atoms with Crippen molar-refractivity contribution in [3.8, 4) is 5.75 Å². The van der Waals surface area contributed by atoms with Gasteiger partial charge in [0.1, 0.15) is 5.75 Å². The molecule has 6 atom stereocenters. The van der Waals surface area contributed by atoms with Crippen LogP contribution >= 0.6 is 0 Å². The zero-order valence-corrected chi connectivity index (χ0v) is 17.2. The van der Waals surface area contributed by atoms with Crippen LogP contribution in [-0.2, 0) is 0 Å². The molecule has 0 radical (unpaired) electrons. The normalized spacial score (nSPS) is 42.7. The van der Waals surface area contributed by atoms with E-state index in [0.717, 1.165) is 23.5 Å². The van der Waals surface area contributed by atoms with Gasteiger partial charge in [0.05, 0.1) is 7.11 Å². The molecule has 2 saturated carbocycles. The van der Waals surface area contributed by atoms with E-state index in [9.17, 15) is 0 Å². The SMILES string of the molecule is COc1ccc([C@H]2C=C[C@H]3[C@@H]4CCC5=CCCC[C@]5(C)[C@H]4CC[C@]23C)cc1. The highest BCUT2D eigenvalue weighted by molar-refractivity contribution is 5.37. The fourth-order valence-corrected chi connectivity index (χ4v) is 7.51. The van der Waals surface area contributed by atoms with Gasteiger partial charge in [-0.2, -0.15) is 0 Å². The van der Waals surface area contributed by atoms with Crippen LogP contribution in [0.2, 0.25) is 0 Å². The third-order valence-corrected chi connectivity index (χ3v) is 9.02. The Kier molecular flexibility index (Phi) is 4.08. The van der Waals surface area contributed by atoms with Gasteiger partial charge < -0.3 is 4.74 Å². The number of benzene rings is 1. The summed E-state index contributed by atoms with van der Waals surface area (Å²) in [6, 6.07) is 8.84. The highest BCUT2D eigenvalue weighted by atomic mass is 16.5. The molecule has 1 heteroatoms. The van der Waals surface area contributed by atoms with Crippen molar-refractivity contribution in [1.82, 2.24) is 0 Å². The minimum absolute atomic E-state index is 0.391. The first-order chi connectivity index (χ1) is 13.1. The van der Waals surface area contributed by atoms with Crippen molar-refractivity contribution >= 4 is 0 Å². The molecule has 144 valence electrons. The predicted molar refractivity (Wildman–Crippen MR) is 112 cm³/mol. The molecule has 5 rings (SSSR count). The molecule has 0 bridgehead atoms. The molecule has 0 amide bonds. The molecule has 2 fully saturated rings. The van der Waals surface area contributed by atoms with E-state index >= 15 is 0 Å². The molecule has 4 aliphatic carbocycles. The Labute approximate surface area is 164 Å². The monoisotopic (exact) mass is 362 g/mol. The van der Waals surface area contributed by atoms with E-state index in [1.54, 1.807) is 7.11 Å². The van der Waals surface area contributed by atoms with Crippen LogP contribution in [0, 0.1) is 28.6 Å². The lowest BCUT2D eigenvalue weighted by atomic mass is 9.46. The van der Waals surface area contributed by atoms with Gasteiger partial charge in [0, 0.05) is 5.92 Å². The molecule has 0 aromatic heterocycles. The lowest BCUT2D eigenvalue weighted by Crippen LogP contribution is -2.49. The minimum atomic E-state index is 0.391. The molecule has 1 nitrogen and oxygen atoms in total. The molecule has 0 spiro atoms. The van der Waals surface area contributed by atoms with E-state index in [-0.39, 0.29) is 0 Å². The molecule has 4 aliphatic rings. The maximum absolute atomic E-state index is 5.37. The summed E-state index contributed by atoms with van der Waals surface area (Å²) in [6.45, 7) is 5.19. The summed E-state index contributed by atoms with van der Waals surface area (Å²) in [5.41, 5.74) is 4.17. The Bertz CT molecular complexity index is 772. The van der Waals surface area contributed by atoms with Gasteiger partial charge in [-0.1, -0.05) is 49.8 Å². The standard InChI is InChI=1S/C26H34O/c1-25-16-5-4-6-19(25)9-12-21-23-14-13-22(26(23,2)17-15-24(21)25)18-7-10-20(27-3)11-8-18/h6-8,10-11,13-14,21-24H,4-5,9,12,15-17H2,1-3H3/t21-,22+,23-,24-,25-,26+/m0/s1. The van der Waals surface area contributed by atoms with Gasteiger partial charge in [0.15, 0.2) is 0 Å². The maximum atomic E-state index is 5.37. The Morgan fingerprint density at radius 1 is 1.00 bits per heavy atom. The van der Waals surface area contributed by atoms with Crippen molar-refractivity contribution in [2.45, 2.75) is 64.7 Å². The van der Waals surface area contributed by atoms with Crippen molar-refractivity contribution in [3.05, 3.63) is 53.6 Å². The summed E-state index contributed by atoms with van der Waals surface area (Å²) in [5, 5.41) is 0. The third kappa shape index (κ3) is 2.50. The lowest BCUT2D eigenvalue weighted by molar-refractivity contribution is -0.0302. The van der Waals surface area contributed by atoms with Crippen molar-refractivity contribution in [3.63, 3.8) is 0 Å². The van der Waals surface area contributed by atoms with E-state index in [1.807, 2.05) is 5.57 Å². The van der Waals surface area contributed by atoms with E-state index in [2.05, 4.69) is 56.3 Å². The van der Waals surface area contributed by atoms with Crippen LogP contribution in [-0.4, -0.2) is 7.11 Å². The number of hydrogen-bond donors (Lipinski definition) is 0. The molecular weight excluding hydrogens is 328 g/mol. The fraction of sp³-hybridized carbons (Fsp3) is 0.615. The molecule has 0 aliphatic heterocycles. The topological polar surface area (TPSA) is 9.23 Å². The summed E-state index contributed by atoms with van der Waals surface area (Å²) in [4.78, 5) is 0. The lowest BCUT2D eigenvalue weighted by Gasteiger charge is -2.58. The number of hydrogen-bond acceptors (Lipinski definition) is 1. The minimum Gasteiger partial charge on any atom is -0.497 e. The Morgan fingerprint density at radius 2 is 1.81 bits per heavy atom. The largest absolute Gasteiger partial charge is 0.497 e. The van der Waals surface area contributed by atoms with Crippen LogP contribution in [0.3, 0.4) is 0 Å². The zero-order chi connectivity index (χ0) is 18.6. The summed E-state index contributed by atoms with van der Waals surface area (Å²) in [6.07, 6.45) is 17.5. The van der Waals surface area contributed by atoms with Crippen LogP contribution < -0.4 is 4.74 Å². The van der Waals surface area contributed by atoms with E-state index in [0.29, 0.717) is 16.7 Å². The number of rotatable bonds is 2. The predicted octanol–water partition coefficient (Wildman–Crippen LogP) is 6.91. The van der Waals surface area contributed by atoms with Crippen LogP contribution in [0.15, 0.2) is 48.1 Å². The van der Waals surface area contributed by atoms with Crippen LogP contribution in [0.4, 0.5) is 0 Å². The van der Waals surface area contributed by atoms with Gasteiger partial charge in [0.2, 0.25) is 0 Å². The second-order valence-electron chi connectivity index (χ2n) is 10.1. The van der Waals surface area contributed by atoms with Gasteiger partial charge in [-0.15, -0.1) is 0 Å². The number of ether oxygens (including phenoxy) is 1. The first-order valence-corrected chi connectivity index (χ1v) is 11.1. The zero-order valence-electron chi connectivity index (χ0n) is 17.2. The first-order valence-electron chi connectivity index (χ1n) is 11.1. The molecule has 0 N–H and O–H groups in total. The summed E-state index contributed by atoms with van der Waals surface area (Å²) < 4.78 is 5.37.